The molecule has 5 heteroatoms. The molecule has 0 aliphatic heterocycles. The Balaban J connectivity index is 1.40. The molecule has 23 heavy (non-hydrogen) atoms. The Morgan fingerprint density at radius 3 is 2.13 bits per heavy atom. The van der Waals surface area contributed by atoms with Crippen LogP contribution in [0.4, 0.5) is 0 Å². The molecule has 4 aliphatic carbocycles. The number of nitrogens with one attached hydrogen (secondary N) is 2. The quantitative estimate of drug-likeness (QED) is 0.666. The average molecular weight is 322 g/mol. The molecule has 1 atom stereocenters. The van der Waals surface area contributed by atoms with Gasteiger partial charge in [-0.05, 0) is 75.0 Å². The zero-order valence-corrected chi connectivity index (χ0v) is 14.1. The van der Waals surface area contributed by atoms with Crippen molar-refractivity contribution in [2.45, 2.75) is 64.4 Å². The first-order valence-electron chi connectivity index (χ1n) is 9.15. The van der Waals surface area contributed by atoms with Gasteiger partial charge in [-0.1, -0.05) is 0 Å². The number of hydrogen-bond donors (Lipinski definition) is 3. The first-order chi connectivity index (χ1) is 10.9. The van der Waals surface area contributed by atoms with Crippen LogP contribution < -0.4 is 10.6 Å². The molecular formula is C18H30N2O3. The maximum absolute atomic E-state index is 12.3. The van der Waals surface area contributed by atoms with Crippen LogP contribution in [0.3, 0.4) is 0 Å². The summed E-state index contributed by atoms with van der Waals surface area (Å²) < 4.78 is 0. The van der Waals surface area contributed by atoms with Crippen molar-refractivity contribution in [3.63, 3.8) is 0 Å². The predicted molar refractivity (Wildman–Crippen MR) is 87.5 cm³/mol. The van der Waals surface area contributed by atoms with Crippen molar-refractivity contribution in [2.24, 2.45) is 23.2 Å². The number of carbonyl (C=O) groups is 2. The highest BCUT2D eigenvalue weighted by Crippen LogP contribution is 2.61. The van der Waals surface area contributed by atoms with Crippen LogP contribution in [0, 0.1) is 23.2 Å². The van der Waals surface area contributed by atoms with Gasteiger partial charge in [-0.3, -0.25) is 9.59 Å². The fourth-order valence-corrected chi connectivity index (χ4v) is 5.57. The van der Waals surface area contributed by atoms with Crippen molar-refractivity contribution >= 4 is 11.8 Å². The summed E-state index contributed by atoms with van der Waals surface area (Å²) in [5.41, 5.74) is 0.224. The third-order valence-electron chi connectivity index (χ3n) is 6.03. The summed E-state index contributed by atoms with van der Waals surface area (Å²) in [5, 5.41) is 14.6. The van der Waals surface area contributed by atoms with E-state index in [4.69, 9.17) is 5.11 Å². The number of aliphatic hydroxyl groups excluding tert-OH is 1. The van der Waals surface area contributed by atoms with Crippen LogP contribution in [0.25, 0.3) is 0 Å². The molecule has 0 heterocycles. The topological polar surface area (TPSA) is 78.4 Å². The molecule has 2 amide bonds. The average Bonchev–Trinajstić information content (AvgIpc) is 2.42. The molecule has 0 aromatic heterocycles. The largest absolute Gasteiger partial charge is 0.393 e. The van der Waals surface area contributed by atoms with Crippen molar-refractivity contribution in [3.05, 3.63) is 0 Å². The molecule has 5 nitrogen and oxygen atoms in total. The summed E-state index contributed by atoms with van der Waals surface area (Å²) in [6.07, 6.45) is 8.50. The SMILES string of the molecule is CC(O)CCNC(=O)CNC(=O)CC12CC3CC(CC(C3)C1)C2. The van der Waals surface area contributed by atoms with Gasteiger partial charge in [0.2, 0.25) is 11.8 Å². The van der Waals surface area contributed by atoms with E-state index in [0.717, 1.165) is 17.8 Å². The standard InChI is InChI=1S/C18H30N2O3/c1-12(21)2-3-19-17(23)11-20-16(22)10-18-7-13-4-14(8-18)6-15(5-13)9-18/h12-15,21H,2-11H2,1H3,(H,19,23)(H,20,22). The molecule has 4 bridgehead atoms. The molecule has 4 rings (SSSR count). The molecule has 0 aromatic rings. The molecule has 130 valence electrons. The van der Waals surface area contributed by atoms with E-state index in [-0.39, 0.29) is 23.8 Å². The third kappa shape index (κ3) is 4.25. The normalized spacial score (nSPS) is 35.8. The lowest BCUT2D eigenvalue weighted by Gasteiger charge is -2.56. The fourth-order valence-electron chi connectivity index (χ4n) is 5.57. The van der Waals surface area contributed by atoms with Gasteiger partial charge in [-0.25, -0.2) is 0 Å². The third-order valence-corrected chi connectivity index (χ3v) is 6.03. The number of amides is 2. The molecular weight excluding hydrogens is 292 g/mol. The monoisotopic (exact) mass is 322 g/mol. The van der Waals surface area contributed by atoms with Gasteiger partial charge in [0.05, 0.1) is 12.6 Å². The van der Waals surface area contributed by atoms with E-state index < -0.39 is 6.10 Å². The maximum Gasteiger partial charge on any atom is 0.239 e. The summed E-state index contributed by atoms with van der Waals surface area (Å²) in [6, 6.07) is 0. The Morgan fingerprint density at radius 1 is 1.04 bits per heavy atom. The molecule has 0 spiro atoms. The van der Waals surface area contributed by atoms with Gasteiger partial charge in [0.1, 0.15) is 0 Å². The van der Waals surface area contributed by atoms with Gasteiger partial charge >= 0.3 is 0 Å². The smallest absolute Gasteiger partial charge is 0.239 e. The van der Waals surface area contributed by atoms with Gasteiger partial charge in [0, 0.05) is 13.0 Å². The van der Waals surface area contributed by atoms with Crippen LogP contribution in [0.5, 0.6) is 0 Å². The van der Waals surface area contributed by atoms with E-state index in [1.807, 2.05) is 0 Å². The van der Waals surface area contributed by atoms with Gasteiger partial charge < -0.3 is 15.7 Å². The second kappa shape index (κ2) is 6.80. The summed E-state index contributed by atoms with van der Waals surface area (Å²) in [4.78, 5) is 24.0. The van der Waals surface area contributed by atoms with Crippen molar-refractivity contribution in [1.29, 1.82) is 0 Å². The van der Waals surface area contributed by atoms with E-state index >= 15 is 0 Å². The number of hydrogen-bond acceptors (Lipinski definition) is 3. The van der Waals surface area contributed by atoms with Crippen molar-refractivity contribution in [2.75, 3.05) is 13.1 Å². The molecule has 4 aliphatic rings. The molecule has 3 N–H and O–H groups in total. The van der Waals surface area contributed by atoms with E-state index in [1.54, 1.807) is 6.92 Å². The van der Waals surface area contributed by atoms with Crippen LogP contribution in [0.2, 0.25) is 0 Å². The number of carbonyl (C=O) groups excluding carboxylic acids is 2. The zero-order valence-electron chi connectivity index (χ0n) is 14.1. The highest BCUT2D eigenvalue weighted by molar-refractivity contribution is 5.84. The summed E-state index contributed by atoms with van der Waals surface area (Å²) >= 11 is 0. The molecule has 0 aromatic carbocycles. The van der Waals surface area contributed by atoms with E-state index in [9.17, 15) is 9.59 Å². The van der Waals surface area contributed by atoms with Gasteiger partial charge in [-0.15, -0.1) is 0 Å². The fraction of sp³-hybridized carbons (Fsp3) is 0.889. The lowest BCUT2D eigenvalue weighted by atomic mass is 9.49. The minimum absolute atomic E-state index is 0.0256. The van der Waals surface area contributed by atoms with Crippen molar-refractivity contribution in [3.8, 4) is 0 Å². The molecule has 0 radical (unpaired) electrons. The van der Waals surface area contributed by atoms with E-state index in [0.29, 0.717) is 19.4 Å². The van der Waals surface area contributed by atoms with Gasteiger partial charge in [-0.2, -0.15) is 0 Å². The second-order valence-electron chi connectivity index (χ2n) is 8.36. The lowest BCUT2D eigenvalue weighted by Crippen LogP contribution is -2.48. The summed E-state index contributed by atoms with van der Waals surface area (Å²) in [6.45, 7) is 2.19. The molecule has 4 saturated carbocycles. The van der Waals surface area contributed by atoms with Gasteiger partial charge in [0.15, 0.2) is 0 Å². The highest BCUT2D eigenvalue weighted by atomic mass is 16.3. The Hall–Kier alpha value is -1.10. The van der Waals surface area contributed by atoms with Crippen LogP contribution in [-0.2, 0) is 9.59 Å². The molecule has 1 unspecified atom stereocenters. The highest BCUT2D eigenvalue weighted by Gasteiger charge is 2.51. The number of rotatable bonds is 7. The Morgan fingerprint density at radius 2 is 1.61 bits per heavy atom. The Bertz CT molecular complexity index is 426. The predicted octanol–water partition coefficient (Wildman–Crippen LogP) is 1.60. The van der Waals surface area contributed by atoms with Crippen molar-refractivity contribution < 1.29 is 14.7 Å². The maximum atomic E-state index is 12.3. The lowest BCUT2D eigenvalue weighted by molar-refractivity contribution is -0.131. The van der Waals surface area contributed by atoms with Gasteiger partial charge in [0.25, 0.3) is 0 Å². The Labute approximate surface area is 138 Å². The van der Waals surface area contributed by atoms with E-state index in [1.165, 1.54) is 38.5 Å². The zero-order chi connectivity index (χ0) is 16.4. The van der Waals surface area contributed by atoms with Crippen LogP contribution in [0.15, 0.2) is 0 Å². The first-order valence-corrected chi connectivity index (χ1v) is 9.15. The van der Waals surface area contributed by atoms with Crippen LogP contribution in [0.1, 0.15) is 58.3 Å². The number of aliphatic hydroxyl groups is 1. The minimum atomic E-state index is -0.416. The van der Waals surface area contributed by atoms with Crippen LogP contribution >= 0.6 is 0 Å². The van der Waals surface area contributed by atoms with Crippen LogP contribution in [-0.4, -0.2) is 36.1 Å². The Kier molecular flexibility index (Phi) is 4.95. The molecule has 4 fully saturated rings. The van der Waals surface area contributed by atoms with E-state index in [2.05, 4.69) is 10.6 Å². The first kappa shape index (κ1) is 16.7. The van der Waals surface area contributed by atoms with Crippen molar-refractivity contribution in [1.82, 2.24) is 10.6 Å². The second-order valence-corrected chi connectivity index (χ2v) is 8.36. The minimum Gasteiger partial charge on any atom is -0.393 e. The molecule has 0 saturated heterocycles. The summed E-state index contributed by atoms with van der Waals surface area (Å²) in [5.74, 6) is 2.38. The summed E-state index contributed by atoms with van der Waals surface area (Å²) in [7, 11) is 0.